The Morgan fingerprint density at radius 3 is 2.55 bits per heavy atom. The molecule has 31 heavy (non-hydrogen) atoms. The molecule has 0 N–H and O–H groups in total. The summed E-state index contributed by atoms with van der Waals surface area (Å²) in [5, 5.41) is 9.30. The van der Waals surface area contributed by atoms with E-state index in [-0.39, 0.29) is 0 Å². The number of rotatable bonds is 5. The van der Waals surface area contributed by atoms with Crippen LogP contribution in [0.25, 0.3) is 22.6 Å². The van der Waals surface area contributed by atoms with Gasteiger partial charge in [0, 0.05) is 19.3 Å². The predicted molar refractivity (Wildman–Crippen MR) is 122 cm³/mol. The van der Waals surface area contributed by atoms with E-state index in [1.165, 1.54) is 18.4 Å². The van der Waals surface area contributed by atoms with Gasteiger partial charge in [0.1, 0.15) is 5.69 Å². The first kappa shape index (κ1) is 19.5. The molecule has 1 saturated heterocycles. The molecule has 0 bridgehead atoms. The molecule has 0 saturated carbocycles. The lowest BCUT2D eigenvalue weighted by atomic mass is 9.96. The third kappa shape index (κ3) is 4.21. The Hall–Kier alpha value is -3.49. The van der Waals surface area contributed by atoms with E-state index >= 15 is 0 Å². The quantitative estimate of drug-likeness (QED) is 0.473. The lowest BCUT2D eigenvalue weighted by molar-refractivity contribution is 0.168. The highest BCUT2D eigenvalue weighted by atomic mass is 15.1. The second kappa shape index (κ2) is 8.71. The maximum Gasteiger partial charge on any atom is 0.159 e. The molecule has 154 valence electrons. The predicted octanol–water partition coefficient (Wildman–Crippen LogP) is 4.88. The van der Waals surface area contributed by atoms with E-state index in [1.807, 2.05) is 18.2 Å². The van der Waals surface area contributed by atoms with Crippen LogP contribution in [0.5, 0.6) is 0 Å². The average Bonchev–Trinajstić information content (AvgIpc) is 3.19. The fraction of sp³-hybridized carbons (Fsp3) is 0.269. The Labute approximate surface area is 182 Å². The molecule has 1 aliphatic rings. The SMILES string of the molecule is N#Cc1ccnc(-c2nc3ccccc3n2CC2CCN(Cc3ccccc3)CC2)c1. The standard InChI is InChI=1S/C26H25N5/c27-17-22-10-13-28-24(16-22)26-29-23-8-4-5-9-25(23)31(26)19-21-11-14-30(15-12-21)18-20-6-2-1-3-7-20/h1-10,13,16,21H,11-12,14-15,18-19H2. The number of nitriles is 1. The largest absolute Gasteiger partial charge is 0.322 e. The van der Waals surface area contributed by atoms with Crippen molar-refractivity contribution in [2.24, 2.45) is 5.92 Å². The van der Waals surface area contributed by atoms with Crippen molar-refractivity contribution in [3.8, 4) is 17.6 Å². The minimum absolute atomic E-state index is 0.600. The Bertz CT molecular complexity index is 1210. The lowest BCUT2D eigenvalue weighted by Gasteiger charge is -2.32. The van der Waals surface area contributed by atoms with Crippen molar-refractivity contribution in [2.75, 3.05) is 13.1 Å². The van der Waals surface area contributed by atoms with Crippen LogP contribution in [0.15, 0.2) is 72.9 Å². The van der Waals surface area contributed by atoms with Crippen molar-refractivity contribution in [3.05, 3.63) is 84.1 Å². The third-order valence-corrected chi connectivity index (χ3v) is 6.17. The summed E-state index contributed by atoms with van der Waals surface area (Å²) in [5.74, 6) is 1.45. The number of para-hydroxylation sites is 2. The fourth-order valence-electron chi connectivity index (χ4n) is 4.51. The van der Waals surface area contributed by atoms with Crippen LogP contribution in [0.3, 0.4) is 0 Å². The zero-order chi connectivity index (χ0) is 21.0. The van der Waals surface area contributed by atoms with Gasteiger partial charge in [-0.15, -0.1) is 0 Å². The molecule has 5 heteroatoms. The van der Waals surface area contributed by atoms with E-state index in [0.717, 1.165) is 48.7 Å². The van der Waals surface area contributed by atoms with Gasteiger partial charge in [0.2, 0.25) is 0 Å². The van der Waals surface area contributed by atoms with Gasteiger partial charge in [0.05, 0.1) is 22.7 Å². The summed E-state index contributed by atoms with van der Waals surface area (Å²) in [4.78, 5) is 12.0. The Morgan fingerprint density at radius 2 is 1.74 bits per heavy atom. The minimum atomic E-state index is 0.600. The maximum absolute atomic E-state index is 9.30. The Morgan fingerprint density at radius 1 is 0.968 bits per heavy atom. The molecule has 1 fully saturated rings. The zero-order valence-electron chi connectivity index (χ0n) is 17.5. The first-order valence-electron chi connectivity index (χ1n) is 10.9. The number of aromatic nitrogens is 3. The van der Waals surface area contributed by atoms with Crippen LogP contribution in [0.1, 0.15) is 24.0 Å². The monoisotopic (exact) mass is 407 g/mol. The molecule has 1 aliphatic heterocycles. The van der Waals surface area contributed by atoms with E-state index in [0.29, 0.717) is 11.5 Å². The van der Waals surface area contributed by atoms with Crippen LogP contribution in [0.2, 0.25) is 0 Å². The van der Waals surface area contributed by atoms with Crippen molar-refractivity contribution < 1.29 is 0 Å². The number of nitrogens with zero attached hydrogens (tertiary/aromatic N) is 5. The summed E-state index contributed by atoms with van der Waals surface area (Å²) in [6, 6.07) is 24.8. The number of imidazole rings is 1. The summed E-state index contributed by atoms with van der Waals surface area (Å²) in [6.07, 6.45) is 4.04. The van der Waals surface area contributed by atoms with E-state index in [9.17, 15) is 5.26 Å². The average molecular weight is 408 g/mol. The van der Waals surface area contributed by atoms with Crippen molar-refractivity contribution in [1.29, 1.82) is 5.26 Å². The molecule has 3 heterocycles. The number of likely N-dealkylation sites (tertiary alicyclic amines) is 1. The maximum atomic E-state index is 9.30. The van der Waals surface area contributed by atoms with Crippen LogP contribution in [0.4, 0.5) is 0 Å². The number of fused-ring (bicyclic) bond motifs is 1. The van der Waals surface area contributed by atoms with E-state index in [2.05, 4.69) is 63.0 Å². The van der Waals surface area contributed by atoms with Gasteiger partial charge in [-0.3, -0.25) is 9.88 Å². The van der Waals surface area contributed by atoms with Gasteiger partial charge in [0.25, 0.3) is 0 Å². The van der Waals surface area contributed by atoms with Crippen molar-refractivity contribution in [1.82, 2.24) is 19.4 Å². The van der Waals surface area contributed by atoms with E-state index in [4.69, 9.17) is 4.98 Å². The molecule has 5 nitrogen and oxygen atoms in total. The number of piperidine rings is 1. The van der Waals surface area contributed by atoms with E-state index < -0.39 is 0 Å². The molecule has 0 amide bonds. The molecular formula is C26H25N5. The van der Waals surface area contributed by atoms with Gasteiger partial charge in [-0.25, -0.2) is 4.98 Å². The first-order chi connectivity index (χ1) is 15.3. The van der Waals surface area contributed by atoms with Crippen LogP contribution in [-0.2, 0) is 13.1 Å². The van der Waals surface area contributed by atoms with Gasteiger partial charge in [-0.1, -0.05) is 42.5 Å². The molecule has 0 aliphatic carbocycles. The van der Waals surface area contributed by atoms with Crippen molar-refractivity contribution in [2.45, 2.75) is 25.9 Å². The lowest BCUT2D eigenvalue weighted by Crippen LogP contribution is -2.34. The second-order valence-corrected chi connectivity index (χ2v) is 8.28. The van der Waals surface area contributed by atoms with Gasteiger partial charge >= 0.3 is 0 Å². The van der Waals surface area contributed by atoms with Crippen molar-refractivity contribution in [3.63, 3.8) is 0 Å². The molecule has 0 radical (unpaired) electrons. The van der Waals surface area contributed by atoms with Crippen LogP contribution in [-0.4, -0.2) is 32.5 Å². The Kier molecular flexibility index (Phi) is 5.47. The summed E-state index contributed by atoms with van der Waals surface area (Å²) >= 11 is 0. The number of hydrogen-bond acceptors (Lipinski definition) is 4. The number of pyridine rings is 1. The highest BCUT2D eigenvalue weighted by Gasteiger charge is 2.22. The third-order valence-electron chi connectivity index (χ3n) is 6.17. The molecule has 5 rings (SSSR count). The minimum Gasteiger partial charge on any atom is -0.322 e. The first-order valence-corrected chi connectivity index (χ1v) is 10.9. The topological polar surface area (TPSA) is 57.7 Å². The smallest absolute Gasteiger partial charge is 0.159 e. The molecule has 2 aromatic carbocycles. The fourth-order valence-corrected chi connectivity index (χ4v) is 4.51. The van der Waals surface area contributed by atoms with E-state index in [1.54, 1.807) is 12.3 Å². The highest BCUT2D eigenvalue weighted by Crippen LogP contribution is 2.28. The van der Waals surface area contributed by atoms with Gasteiger partial charge in [-0.05, 0) is 61.7 Å². The Balaban J connectivity index is 1.36. The molecule has 4 aromatic rings. The number of benzene rings is 2. The summed E-state index contributed by atoms with van der Waals surface area (Å²) < 4.78 is 2.30. The highest BCUT2D eigenvalue weighted by molar-refractivity contribution is 5.80. The normalized spacial score (nSPS) is 15.2. The van der Waals surface area contributed by atoms with Gasteiger partial charge < -0.3 is 4.57 Å². The van der Waals surface area contributed by atoms with Gasteiger partial charge in [-0.2, -0.15) is 5.26 Å². The second-order valence-electron chi connectivity index (χ2n) is 8.28. The molecular weight excluding hydrogens is 382 g/mol. The summed E-state index contributed by atoms with van der Waals surface area (Å²) in [5.41, 5.74) is 4.86. The van der Waals surface area contributed by atoms with Crippen LogP contribution in [0, 0.1) is 17.2 Å². The van der Waals surface area contributed by atoms with Crippen LogP contribution < -0.4 is 0 Å². The number of hydrogen-bond donors (Lipinski definition) is 0. The summed E-state index contributed by atoms with van der Waals surface area (Å²) in [7, 11) is 0. The summed E-state index contributed by atoms with van der Waals surface area (Å²) in [6.45, 7) is 4.18. The molecule has 0 spiro atoms. The molecule has 0 unspecified atom stereocenters. The van der Waals surface area contributed by atoms with Gasteiger partial charge in [0.15, 0.2) is 5.82 Å². The van der Waals surface area contributed by atoms with Crippen LogP contribution >= 0.6 is 0 Å². The molecule has 2 aromatic heterocycles. The zero-order valence-corrected chi connectivity index (χ0v) is 17.5. The van der Waals surface area contributed by atoms with Crippen molar-refractivity contribution >= 4 is 11.0 Å². The molecule has 0 atom stereocenters.